The van der Waals surface area contributed by atoms with Crippen LogP contribution in [0.25, 0.3) is 17.1 Å². The summed E-state index contributed by atoms with van der Waals surface area (Å²) in [5, 5.41) is 18.7. The van der Waals surface area contributed by atoms with Crippen molar-refractivity contribution in [3.8, 4) is 5.88 Å². The lowest BCUT2D eigenvalue weighted by Crippen LogP contribution is -2.45. The molecule has 0 amide bonds. The molecule has 0 bridgehead atoms. The molecular formula is C19H25N3O4. The SMILES string of the molecule is COc1ccc2nccc(C=C[C@@H]3CC[C@@H](N)[C@@H](C[C@@H](O)CO)O3)c2n1. The van der Waals surface area contributed by atoms with Crippen molar-refractivity contribution >= 4 is 17.1 Å². The van der Waals surface area contributed by atoms with Gasteiger partial charge in [-0.05, 0) is 25.0 Å². The van der Waals surface area contributed by atoms with Crippen LogP contribution in [0.1, 0.15) is 24.8 Å². The summed E-state index contributed by atoms with van der Waals surface area (Å²) in [4.78, 5) is 8.80. The molecule has 140 valence electrons. The highest BCUT2D eigenvalue weighted by Crippen LogP contribution is 2.24. The lowest BCUT2D eigenvalue weighted by Gasteiger charge is -2.34. The third kappa shape index (κ3) is 4.37. The zero-order valence-electron chi connectivity index (χ0n) is 14.8. The number of hydrogen-bond acceptors (Lipinski definition) is 7. The fourth-order valence-electron chi connectivity index (χ4n) is 3.14. The smallest absolute Gasteiger partial charge is 0.213 e. The summed E-state index contributed by atoms with van der Waals surface area (Å²) in [6.07, 6.45) is 6.47. The maximum Gasteiger partial charge on any atom is 0.213 e. The summed E-state index contributed by atoms with van der Waals surface area (Å²) in [5.41, 5.74) is 8.58. The molecule has 1 saturated heterocycles. The van der Waals surface area contributed by atoms with Crippen molar-refractivity contribution in [2.45, 2.75) is 43.6 Å². The van der Waals surface area contributed by atoms with E-state index >= 15 is 0 Å². The molecule has 2 aromatic rings. The Morgan fingerprint density at radius 1 is 1.38 bits per heavy atom. The van der Waals surface area contributed by atoms with Gasteiger partial charge >= 0.3 is 0 Å². The number of hydrogen-bond donors (Lipinski definition) is 3. The van der Waals surface area contributed by atoms with Gasteiger partial charge in [-0.2, -0.15) is 0 Å². The highest BCUT2D eigenvalue weighted by atomic mass is 16.5. The lowest BCUT2D eigenvalue weighted by molar-refractivity contribution is -0.0648. The number of aromatic nitrogens is 2. The zero-order valence-corrected chi connectivity index (χ0v) is 14.8. The molecule has 3 rings (SSSR count). The Morgan fingerprint density at radius 3 is 3.00 bits per heavy atom. The molecule has 2 aromatic heterocycles. The number of ether oxygens (including phenoxy) is 2. The van der Waals surface area contributed by atoms with Gasteiger partial charge in [0.05, 0.1) is 43.1 Å². The van der Waals surface area contributed by atoms with E-state index in [2.05, 4.69) is 9.97 Å². The molecule has 4 N–H and O–H groups in total. The van der Waals surface area contributed by atoms with E-state index in [1.165, 1.54) is 0 Å². The van der Waals surface area contributed by atoms with E-state index in [4.69, 9.17) is 20.3 Å². The van der Waals surface area contributed by atoms with E-state index in [0.29, 0.717) is 12.3 Å². The number of nitrogens with two attached hydrogens (primary N) is 1. The molecule has 4 atom stereocenters. The molecule has 7 nitrogen and oxygen atoms in total. The Hall–Kier alpha value is -2.06. The van der Waals surface area contributed by atoms with Crippen LogP contribution in [-0.4, -0.2) is 58.3 Å². The molecule has 0 aromatic carbocycles. The predicted octanol–water partition coefficient (Wildman–Crippen LogP) is 1.27. The molecule has 3 heterocycles. The summed E-state index contributed by atoms with van der Waals surface area (Å²) in [6, 6.07) is 5.42. The molecule has 7 heteroatoms. The quantitative estimate of drug-likeness (QED) is 0.712. The van der Waals surface area contributed by atoms with Crippen LogP contribution in [0.5, 0.6) is 5.88 Å². The van der Waals surface area contributed by atoms with Gasteiger partial charge in [0.2, 0.25) is 5.88 Å². The second-order valence-electron chi connectivity index (χ2n) is 6.51. The minimum atomic E-state index is -0.811. The number of aliphatic hydroxyl groups is 2. The third-order valence-electron chi connectivity index (χ3n) is 4.62. The molecular weight excluding hydrogens is 334 g/mol. The maximum atomic E-state index is 9.66. The van der Waals surface area contributed by atoms with E-state index in [-0.39, 0.29) is 24.9 Å². The second kappa shape index (κ2) is 8.55. The standard InChI is InChI=1S/C19H25N3O4/c1-25-18-7-6-16-19(22-18)12(8-9-21-16)2-3-14-4-5-15(20)17(26-14)10-13(24)11-23/h2-3,6-9,13-15,17,23-24H,4-5,10-11,20H2,1H3/t13-,14-,15-,17-/m1/s1. The predicted molar refractivity (Wildman–Crippen MR) is 98.7 cm³/mol. The maximum absolute atomic E-state index is 9.66. The van der Waals surface area contributed by atoms with Crippen molar-refractivity contribution in [2.24, 2.45) is 5.73 Å². The number of nitrogens with zero attached hydrogens (tertiary/aromatic N) is 2. The van der Waals surface area contributed by atoms with E-state index in [1.807, 2.05) is 24.3 Å². The van der Waals surface area contributed by atoms with Crippen molar-refractivity contribution in [2.75, 3.05) is 13.7 Å². The Morgan fingerprint density at radius 2 is 2.23 bits per heavy atom. The molecule has 0 radical (unpaired) electrons. The molecule has 0 unspecified atom stereocenters. The average molecular weight is 359 g/mol. The minimum Gasteiger partial charge on any atom is -0.481 e. The first kappa shape index (κ1) is 18.7. The zero-order chi connectivity index (χ0) is 18.5. The number of methoxy groups -OCH3 is 1. The fraction of sp³-hybridized carbons (Fsp3) is 0.474. The number of pyridine rings is 2. The summed E-state index contributed by atoms with van der Waals surface area (Å²) in [7, 11) is 1.58. The van der Waals surface area contributed by atoms with Crippen LogP contribution in [0, 0.1) is 0 Å². The van der Waals surface area contributed by atoms with Crippen LogP contribution in [0.4, 0.5) is 0 Å². The molecule has 26 heavy (non-hydrogen) atoms. The average Bonchev–Trinajstić information content (AvgIpc) is 2.67. The van der Waals surface area contributed by atoms with Crippen molar-refractivity contribution in [1.82, 2.24) is 9.97 Å². The van der Waals surface area contributed by atoms with Gasteiger partial charge in [-0.25, -0.2) is 4.98 Å². The van der Waals surface area contributed by atoms with Gasteiger partial charge in [0.1, 0.15) is 0 Å². The number of fused-ring (bicyclic) bond motifs is 1. The van der Waals surface area contributed by atoms with Gasteiger partial charge < -0.3 is 25.4 Å². The van der Waals surface area contributed by atoms with Crippen LogP contribution < -0.4 is 10.5 Å². The highest BCUT2D eigenvalue weighted by Gasteiger charge is 2.29. The summed E-state index contributed by atoms with van der Waals surface area (Å²) < 4.78 is 11.2. The van der Waals surface area contributed by atoms with Crippen LogP contribution in [0.15, 0.2) is 30.5 Å². The van der Waals surface area contributed by atoms with Crippen molar-refractivity contribution in [1.29, 1.82) is 0 Å². The first-order chi connectivity index (χ1) is 12.6. The van der Waals surface area contributed by atoms with Gasteiger partial charge in [-0.15, -0.1) is 0 Å². The third-order valence-corrected chi connectivity index (χ3v) is 4.62. The Kier molecular flexibility index (Phi) is 6.16. The van der Waals surface area contributed by atoms with Gasteiger partial charge in [-0.1, -0.05) is 12.2 Å². The van der Waals surface area contributed by atoms with Gasteiger partial charge in [0.25, 0.3) is 0 Å². The van der Waals surface area contributed by atoms with Gasteiger partial charge in [0, 0.05) is 30.3 Å². The number of rotatable bonds is 6. The molecule has 1 aliphatic rings. The topological polar surface area (TPSA) is 111 Å². The molecule has 1 fully saturated rings. The van der Waals surface area contributed by atoms with E-state index in [1.54, 1.807) is 19.4 Å². The van der Waals surface area contributed by atoms with Crippen LogP contribution >= 0.6 is 0 Å². The summed E-state index contributed by atoms with van der Waals surface area (Å²) in [6.45, 7) is -0.288. The monoisotopic (exact) mass is 359 g/mol. The minimum absolute atomic E-state index is 0.0977. The summed E-state index contributed by atoms with van der Waals surface area (Å²) in [5.74, 6) is 0.540. The normalized spacial score (nSPS) is 24.8. The molecule has 1 aliphatic heterocycles. The number of aliphatic hydroxyl groups excluding tert-OH is 2. The lowest BCUT2D eigenvalue weighted by atomic mass is 9.95. The van der Waals surface area contributed by atoms with Crippen LogP contribution in [0.2, 0.25) is 0 Å². The largest absolute Gasteiger partial charge is 0.481 e. The van der Waals surface area contributed by atoms with E-state index in [9.17, 15) is 5.11 Å². The van der Waals surface area contributed by atoms with Gasteiger partial charge in [-0.3, -0.25) is 4.98 Å². The fourth-order valence-corrected chi connectivity index (χ4v) is 3.14. The Balaban J connectivity index is 1.76. The molecule has 0 spiro atoms. The Bertz CT molecular complexity index is 768. The van der Waals surface area contributed by atoms with E-state index in [0.717, 1.165) is 29.4 Å². The highest BCUT2D eigenvalue weighted by molar-refractivity contribution is 5.84. The molecule has 0 saturated carbocycles. The second-order valence-corrected chi connectivity index (χ2v) is 6.51. The van der Waals surface area contributed by atoms with Crippen molar-refractivity contribution in [3.05, 3.63) is 36.0 Å². The van der Waals surface area contributed by atoms with Gasteiger partial charge in [0.15, 0.2) is 0 Å². The van der Waals surface area contributed by atoms with Crippen LogP contribution in [0.3, 0.4) is 0 Å². The van der Waals surface area contributed by atoms with Crippen LogP contribution in [-0.2, 0) is 4.74 Å². The van der Waals surface area contributed by atoms with E-state index < -0.39 is 6.10 Å². The first-order valence-corrected chi connectivity index (χ1v) is 8.78. The van der Waals surface area contributed by atoms with Crippen molar-refractivity contribution < 1.29 is 19.7 Å². The van der Waals surface area contributed by atoms with Crippen molar-refractivity contribution in [3.63, 3.8) is 0 Å². The molecule has 0 aliphatic carbocycles. The summed E-state index contributed by atoms with van der Waals surface area (Å²) >= 11 is 0. The first-order valence-electron chi connectivity index (χ1n) is 8.78. The Labute approximate surface area is 152 Å².